The number of rotatable bonds is 7. The van der Waals surface area contributed by atoms with Crippen molar-refractivity contribution in [3.05, 3.63) is 36.0 Å². The molecule has 0 heterocycles. The van der Waals surface area contributed by atoms with Gasteiger partial charge in [-0.05, 0) is 71.8 Å². The highest BCUT2D eigenvalue weighted by molar-refractivity contribution is 5.37. The zero-order chi connectivity index (χ0) is 22.0. The lowest BCUT2D eigenvalue weighted by molar-refractivity contribution is 0.0277. The molecule has 2 fully saturated rings. The highest BCUT2D eigenvalue weighted by Crippen LogP contribution is 2.60. The second kappa shape index (κ2) is 9.49. The van der Waals surface area contributed by atoms with E-state index in [2.05, 4.69) is 60.3 Å². The van der Waals surface area contributed by atoms with Gasteiger partial charge in [0.15, 0.2) is 0 Å². The summed E-state index contributed by atoms with van der Waals surface area (Å²) in [4.78, 5) is 0. The van der Waals surface area contributed by atoms with Crippen LogP contribution in [0.3, 0.4) is 0 Å². The third-order valence-corrected chi connectivity index (χ3v) is 8.53. The molecule has 0 unspecified atom stereocenters. The zero-order valence-electron chi connectivity index (χ0n) is 19.5. The van der Waals surface area contributed by atoms with Gasteiger partial charge in [0.25, 0.3) is 0 Å². The van der Waals surface area contributed by atoms with Crippen molar-refractivity contribution in [1.82, 2.24) is 0 Å². The second-order valence-electron chi connectivity index (χ2n) is 10.8. The highest BCUT2D eigenvalue weighted by Gasteiger charge is 2.52. The molecule has 2 aliphatic carbocycles. The van der Waals surface area contributed by atoms with Crippen LogP contribution in [0.15, 0.2) is 36.0 Å². The fourth-order valence-electron chi connectivity index (χ4n) is 5.42. The summed E-state index contributed by atoms with van der Waals surface area (Å²) in [6, 6.07) is 0. The smallest absolute Gasteiger partial charge is 0.0811 e. The molecule has 3 nitrogen and oxygen atoms in total. The molecule has 2 aliphatic rings. The van der Waals surface area contributed by atoms with Gasteiger partial charge in [-0.3, -0.25) is 0 Å². The molecule has 3 N–H and O–H groups in total. The largest absolute Gasteiger partial charge is 0.393 e. The standard InChI is InChI=1S/C26H44O3/c1-17(2)23(28)12-11-18(3)26(7)14-13-21(25(26,5)6)10-8-9-20-15-22(27)16-24(29)19(20)4/h8-10,17-18,21-24,27-29H,4,11-16H2,1-3,5-7H3/b10-8+,20-9-/t18-,21+,22+,23+,24-,26+/m0/s1. The van der Waals surface area contributed by atoms with Crippen molar-refractivity contribution in [3.8, 4) is 0 Å². The first-order valence-electron chi connectivity index (χ1n) is 11.5. The maximum atomic E-state index is 10.2. The Morgan fingerprint density at radius 1 is 1.14 bits per heavy atom. The number of aliphatic hydroxyl groups excluding tert-OH is 3. The summed E-state index contributed by atoms with van der Waals surface area (Å²) in [6.45, 7) is 17.8. The van der Waals surface area contributed by atoms with E-state index in [1.807, 2.05) is 6.08 Å². The molecule has 6 atom stereocenters. The van der Waals surface area contributed by atoms with Crippen LogP contribution in [0.25, 0.3) is 0 Å². The van der Waals surface area contributed by atoms with Crippen molar-refractivity contribution < 1.29 is 15.3 Å². The Morgan fingerprint density at radius 2 is 1.79 bits per heavy atom. The van der Waals surface area contributed by atoms with Crippen molar-refractivity contribution in [1.29, 1.82) is 0 Å². The predicted octanol–water partition coefficient (Wildman–Crippen LogP) is 5.42. The van der Waals surface area contributed by atoms with Crippen molar-refractivity contribution >= 4 is 0 Å². The first-order valence-corrected chi connectivity index (χ1v) is 11.5. The summed E-state index contributed by atoms with van der Waals surface area (Å²) in [5, 5.41) is 30.2. The molecule has 29 heavy (non-hydrogen) atoms. The summed E-state index contributed by atoms with van der Waals surface area (Å²) >= 11 is 0. The van der Waals surface area contributed by atoms with Gasteiger partial charge in [-0.15, -0.1) is 0 Å². The summed E-state index contributed by atoms with van der Waals surface area (Å²) in [7, 11) is 0. The minimum atomic E-state index is -0.633. The van der Waals surface area contributed by atoms with E-state index in [9.17, 15) is 15.3 Å². The van der Waals surface area contributed by atoms with E-state index >= 15 is 0 Å². The molecule has 3 heteroatoms. The number of hydrogen-bond donors (Lipinski definition) is 3. The Bertz CT molecular complexity index is 630. The van der Waals surface area contributed by atoms with E-state index in [1.54, 1.807) is 0 Å². The first kappa shape index (κ1) is 24.4. The van der Waals surface area contributed by atoms with Gasteiger partial charge in [0.1, 0.15) is 0 Å². The van der Waals surface area contributed by atoms with Gasteiger partial charge in [-0.25, -0.2) is 0 Å². The lowest BCUT2D eigenvalue weighted by Crippen LogP contribution is -2.39. The van der Waals surface area contributed by atoms with Gasteiger partial charge in [0, 0.05) is 6.42 Å². The quantitative estimate of drug-likeness (QED) is 0.531. The summed E-state index contributed by atoms with van der Waals surface area (Å²) in [6.07, 6.45) is 10.4. The Balaban J connectivity index is 2.06. The van der Waals surface area contributed by atoms with E-state index in [-0.39, 0.29) is 16.9 Å². The Morgan fingerprint density at radius 3 is 2.41 bits per heavy atom. The molecule has 0 aromatic carbocycles. The van der Waals surface area contributed by atoms with Crippen LogP contribution in [0.4, 0.5) is 0 Å². The molecule has 2 rings (SSSR count). The van der Waals surface area contributed by atoms with Crippen molar-refractivity contribution in [2.45, 2.75) is 98.4 Å². The Hall–Kier alpha value is -0.900. The molecule has 0 aromatic rings. The molecule has 0 saturated heterocycles. The Kier molecular flexibility index (Phi) is 7.98. The molecular weight excluding hydrogens is 360 g/mol. The molecule has 0 radical (unpaired) electrons. The van der Waals surface area contributed by atoms with E-state index in [0.29, 0.717) is 30.6 Å². The second-order valence-corrected chi connectivity index (χ2v) is 10.8. The third-order valence-electron chi connectivity index (χ3n) is 8.53. The average Bonchev–Trinajstić information content (AvgIpc) is 2.87. The normalized spacial score (nSPS) is 36.3. The van der Waals surface area contributed by atoms with Crippen LogP contribution in [-0.2, 0) is 0 Å². The predicted molar refractivity (Wildman–Crippen MR) is 121 cm³/mol. The monoisotopic (exact) mass is 404 g/mol. The molecular formula is C26H44O3. The fourth-order valence-corrected chi connectivity index (χ4v) is 5.42. The minimum absolute atomic E-state index is 0.173. The van der Waals surface area contributed by atoms with Crippen molar-refractivity contribution in [2.75, 3.05) is 0 Å². The molecule has 0 aromatic heterocycles. The maximum Gasteiger partial charge on any atom is 0.0811 e. The van der Waals surface area contributed by atoms with Crippen LogP contribution >= 0.6 is 0 Å². The lowest BCUT2D eigenvalue weighted by Gasteiger charge is -2.46. The first-order chi connectivity index (χ1) is 13.4. The van der Waals surface area contributed by atoms with Gasteiger partial charge in [0.05, 0.1) is 18.3 Å². The third kappa shape index (κ3) is 5.24. The van der Waals surface area contributed by atoms with Crippen LogP contribution in [-0.4, -0.2) is 33.6 Å². The minimum Gasteiger partial charge on any atom is -0.393 e. The number of allylic oxidation sites excluding steroid dienone is 3. The molecule has 0 spiro atoms. The van der Waals surface area contributed by atoms with Gasteiger partial charge in [-0.1, -0.05) is 66.3 Å². The van der Waals surface area contributed by atoms with Crippen LogP contribution in [0.2, 0.25) is 0 Å². The maximum absolute atomic E-state index is 10.2. The van der Waals surface area contributed by atoms with Gasteiger partial charge in [-0.2, -0.15) is 0 Å². The summed E-state index contributed by atoms with van der Waals surface area (Å²) < 4.78 is 0. The molecule has 166 valence electrons. The lowest BCUT2D eigenvalue weighted by atomic mass is 9.59. The fraction of sp³-hybridized carbons (Fsp3) is 0.769. The summed E-state index contributed by atoms with van der Waals surface area (Å²) in [5.74, 6) is 1.38. The SMILES string of the molecule is C=C1/C(=C\C=C\[C@@H]2CC[C@](C)([C@@H](C)CC[C@@H](O)C(C)C)C2(C)C)C[C@@H](O)C[C@@H]1O. The van der Waals surface area contributed by atoms with Crippen LogP contribution in [0.1, 0.15) is 80.1 Å². The van der Waals surface area contributed by atoms with Crippen molar-refractivity contribution in [3.63, 3.8) is 0 Å². The van der Waals surface area contributed by atoms with Gasteiger partial charge < -0.3 is 15.3 Å². The molecule has 2 saturated carbocycles. The van der Waals surface area contributed by atoms with E-state index in [1.165, 1.54) is 12.8 Å². The van der Waals surface area contributed by atoms with Crippen LogP contribution in [0.5, 0.6) is 0 Å². The average molecular weight is 405 g/mol. The summed E-state index contributed by atoms with van der Waals surface area (Å²) in [5.41, 5.74) is 2.12. The molecule has 0 bridgehead atoms. The molecule has 0 aliphatic heterocycles. The van der Waals surface area contributed by atoms with E-state index in [4.69, 9.17) is 0 Å². The number of aliphatic hydroxyl groups is 3. The molecule has 0 amide bonds. The van der Waals surface area contributed by atoms with Gasteiger partial charge >= 0.3 is 0 Å². The van der Waals surface area contributed by atoms with Crippen LogP contribution in [0, 0.1) is 28.6 Å². The van der Waals surface area contributed by atoms with Crippen molar-refractivity contribution in [2.24, 2.45) is 28.6 Å². The Labute approximate surface area is 178 Å². The highest BCUT2D eigenvalue weighted by atomic mass is 16.3. The van der Waals surface area contributed by atoms with E-state index in [0.717, 1.165) is 24.0 Å². The van der Waals surface area contributed by atoms with E-state index < -0.39 is 12.2 Å². The number of hydrogen-bond acceptors (Lipinski definition) is 3. The zero-order valence-corrected chi connectivity index (χ0v) is 19.5. The topological polar surface area (TPSA) is 60.7 Å². The van der Waals surface area contributed by atoms with Gasteiger partial charge in [0.2, 0.25) is 0 Å². The van der Waals surface area contributed by atoms with Crippen LogP contribution < -0.4 is 0 Å².